The summed E-state index contributed by atoms with van der Waals surface area (Å²) in [7, 11) is 0. The van der Waals surface area contributed by atoms with Crippen LogP contribution in [0.2, 0.25) is 0 Å². The van der Waals surface area contributed by atoms with E-state index in [9.17, 15) is 19.2 Å². The molecule has 0 saturated heterocycles. The molecule has 3 N–H and O–H groups in total. The summed E-state index contributed by atoms with van der Waals surface area (Å²) >= 11 is 0. The number of rotatable bonds is 19. The second kappa shape index (κ2) is 19.4. The highest BCUT2D eigenvalue weighted by Crippen LogP contribution is 2.10. The Hall–Kier alpha value is -3.76. The molecule has 0 aliphatic carbocycles. The Morgan fingerprint density at radius 2 is 1.29 bits per heavy atom. The first-order chi connectivity index (χ1) is 17.9. The topological polar surface area (TPSA) is 141 Å². The number of allylic oxidation sites excluding steroid dienone is 1. The number of hydrogen-bond donors (Lipinski definition) is 3. The van der Waals surface area contributed by atoms with Crippen LogP contribution in [0.25, 0.3) is 0 Å². The number of hydrogen-bond acceptors (Lipinski definition) is 8. The zero-order chi connectivity index (χ0) is 29.0. The first-order valence-electron chi connectivity index (χ1n) is 12.4. The lowest BCUT2D eigenvalue weighted by molar-refractivity contribution is -0.145. The van der Waals surface area contributed by atoms with E-state index in [2.05, 4.69) is 42.3 Å². The highest BCUT2D eigenvalue weighted by Gasteiger charge is 2.26. The fourth-order valence-electron chi connectivity index (χ4n) is 2.87. The second-order valence-electron chi connectivity index (χ2n) is 9.16. The minimum atomic E-state index is -1.03. The number of ether oxygens (including phenoxy) is 4. The molecule has 0 aromatic heterocycles. The molecule has 0 heterocycles. The molecule has 214 valence electrons. The minimum absolute atomic E-state index is 0.0256. The molecule has 0 fully saturated rings. The van der Waals surface area contributed by atoms with Crippen molar-refractivity contribution in [2.75, 3.05) is 26.4 Å². The first kappa shape index (κ1) is 34.2. The summed E-state index contributed by atoms with van der Waals surface area (Å²) in [5.41, 5.74) is -0.608. The molecular formula is C27H43N3O8. The number of carbonyl (C=O) groups is 4. The summed E-state index contributed by atoms with van der Waals surface area (Å²) < 4.78 is 20.7. The van der Waals surface area contributed by atoms with Crippen molar-refractivity contribution in [1.82, 2.24) is 16.0 Å². The van der Waals surface area contributed by atoms with Crippen LogP contribution in [0.5, 0.6) is 0 Å². The van der Waals surface area contributed by atoms with Crippen LogP contribution in [0.15, 0.2) is 50.3 Å². The van der Waals surface area contributed by atoms with E-state index in [1.165, 1.54) is 12.2 Å². The summed E-state index contributed by atoms with van der Waals surface area (Å²) in [6.45, 7) is 20.2. The van der Waals surface area contributed by atoms with Gasteiger partial charge in [-0.1, -0.05) is 44.5 Å². The molecule has 2 unspecified atom stereocenters. The normalized spacial score (nSPS) is 12.1. The molecule has 0 aliphatic rings. The number of nitrogens with one attached hydrogen (secondary N) is 3. The summed E-state index contributed by atoms with van der Waals surface area (Å²) in [5, 5.41) is 7.73. The van der Waals surface area contributed by atoms with Crippen molar-refractivity contribution in [3.63, 3.8) is 0 Å². The number of esters is 2. The summed E-state index contributed by atoms with van der Waals surface area (Å²) in [5.74, 6) is -0.910. The van der Waals surface area contributed by atoms with Crippen molar-refractivity contribution in [3.8, 4) is 0 Å². The number of unbranched alkanes of at least 4 members (excludes halogenated alkanes) is 1. The van der Waals surface area contributed by atoms with Crippen LogP contribution in [0.3, 0.4) is 0 Å². The third-order valence-corrected chi connectivity index (χ3v) is 4.57. The van der Waals surface area contributed by atoms with Crippen molar-refractivity contribution < 1.29 is 38.1 Å². The van der Waals surface area contributed by atoms with E-state index in [0.717, 1.165) is 0 Å². The van der Waals surface area contributed by atoms with Crippen LogP contribution in [0.4, 0.5) is 9.59 Å². The highest BCUT2D eigenvalue weighted by atomic mass is 16.6. The monoisotopic (exact) mass is 537 g/mol. The average Bonchev–Trinajstić information content (AvgIpc) is 2.84. The Morgan fingerprint density at radius 1 is 0.789 bits per heavy atom. The number of amides is 3. The first-order valence-corrected chi connectivity index (χ1v) is 12.4. The van der Waals surface area contributed by atoms with Gasteiger partial charge in [0.25, 0.3) is 0 Å². The van der Waals surface area contributed by atoms with Gasteiger partial charge in [-0.05, 0) is 46.5 Å². The fourth-order valence-corrected chi connectivity index (χ4v) is 2.87. The zero-order valence-electron chi connectivity index (χ0n) is 22.8. The smallest absolute Gasteiger partial charge is 0.407 e. The maximum atomic E-state index is 12.7. The van der Waals surface area contributed by atoms with Crippen LogP contribution in [0.1, 0.15) is 52.9 Å². The van der Waals surface area contributed by atoms with Gasteiger partial charge in [0.1, 0.15) is 37.5 Å². The Kier molecular flexibility index (Phi) is 17.4. The Bertz CT molecular complexity index is 820. The maximum Gasteiger partial charge on any atom is 0.407 e. The molecule has 38 heavy (non-hydrogen) atoms. The molecule has 0 aliphatic heterocycles. The molecule has 0 radical (unpaired) electrons. The van der Waals surface area contributed by atoms with Crippen LogP contribution in [-0.2, 0) is 28.5 Å². The molecule has 0 aromatic rings. The molecule has 2 atom stereocenters. The van der Waals surface area contributed by atoms with Gasteiger partial charge in [-0.25, -0.2) is 19.2 Å². The lowest BCUT2D eigenvalue weighted by atomic mass is 10.1. The predicted octanol–water partition coefficient (Wildman–Crippen LogP) is 3.67. The van der Waals surface area contributed by atoms with Crippen LogP contribution >= 0.6 is 0 Å². The van der Waals surface area contributed by atoms with E-state index in [4.69, 9.17) is 18.9 Å². The third kappa shape index (κ3) is 17.6. The van der Waals surface area contributed by atoms with E-state index < -0.39 is 41.7 Å². The average molecular weight is 538 g/mol. The van der Waals surface area contributed by atoms with Gasteiger partial charge in [-0.2, -0.15) is 0 Å². The van der Waals surface area contributed by atoms with Crippen molar-refractivity contribution in [1.29, 1.82) is 0 Å². The molecule has 0 bridgehead atoms. The molecule has 11 nitrogen and oxygen atoms in total. The summed E-state index contributed by atoms with van der Waals surface area (Å²) in [6, 6.07) is -2.77. The van der Waals surface area contributed by atoms with Crippen molar-refractivity contribution in [2.24, 2.45) is 0 Å². The Balaban J connectivity index is 5.05. The predicted molar refractivity (Wildman–Crippen MR) is 144 cm³/mol. The van der Waals surface area contributed by atoms with Crippen molar-refractivity contribution >= 4 is 24.1 Å². The van der Waals surface area contributed by atoms with Gasteiger partial charge in [0.2, 0.25) is 0 Å². The van der Waals surface area contributed by atoms with Gasteiger partial charge in [0.15, 0.2) is 0 Å². The number of urea groups is 1. The summed E-state index contributed by atoms with van der Waals surface area (Å²) in [6.07, 6.45) is 5.51. The third-order valence-electron chi connectivity index (χ3n) is 4.57. The van der Waals surface area contributed by atoms with E-state index in [0.29, 0.717) is 25.1 Å². The van der Waals surface area contributed by atoms with Gasteiger partial charge in [-0.3, -0.25) is 0 Å². The van der Waals surface area contributed by atoms with Crippen LogP contribution in [-0.4, -0.2) is 68.1 Å². The van der Waals surface area contributed by atoms with E-state index >= 15 is 0 Å². The number of alkyl carbamates (subject to hydrolysis) is 1. The molecule has 0 saturated carbocycles. The largest absolute Gasteiger partial charge is 0.495 e. The van der Waals surface area contributed by atoms with E-state index in [1.54, 1.807) is 26.8 Å². The molecule has 0 aromatic carbocycles. The number of carbonyl (C=O) groups excluding carboxylic acids is 4. The van der Waals surface area contributed by atoms with Gasteiger partial charge in [-0.15, -0.1) is 0 Å². The summed E-state index contributed by atoms with van der Waals surface area (Å²) in [4.78, 5) is 49.5. The van der Waals surface area contributed by atoms with Crippen molar-refractivity contribution in [2.45, 2.75) is 70.6 Å². The molecule has 0 spiro atoms. The quantitative estimate of drug-likeness (QED) is 0.0745. The zero-order valence-corrected chi connectivity index (χ0v) is 22.8. The highest BCUT2D eigenvalue weighted by molar-refractivity contribution is 5.87. The SMILES string of the molecule is C=CCOC(=C)CCC(NC(=O)NC(CCCCNC(=O)OC(C)(C)C)C(=O)OCC=C)C(=O)OCC=C. The van der Waals surface area contributed by atoms with Crippen LogP contribution < -0.4 is 16.0 Å². The molecular weight excluding hydrogens is 494 g/mol. The minimum Gasteiger partial charge on any atom is -0.495 e. The van der Waals surface area contributed by atoms with Crippen molar-refractivity contribution in [3.05, 3.63) is 50.3 Å². The fraction of sp³-hybridized carbons (Fsp3) is 0.556. The van der Waals surface area contributed by atoms with Gasteiger partial charge >= 0.3 is 24.1 Å². The standard InChI is InChI=1S/C27H43N3O8/c1-8-17-35-20(4)14-15-22(24(32)37-19-10-3)30-25(33)29-21(23(31)36-18-9-2)13-11-12-16-28-26(34)38-27(5,6)7/h8-10,21-22H,1-4,11-19H2,5-7H3,(H,28,34)(H2,29,30,33). The van der Waals surface area contributed by atoms with Gasteiger partial charge in [0, 0.05) is 13.0 Å². The molecule has 11 heteroatoms. The lowest BCUT2D eigenvalue weighted by Gasteiger charge is -2.22. The Morgan fingerprint density at radius 3 is 1.79 bits per heavy atom. The lowest BCUT2D eigenvalue weighted by Crippen LogP contribution is -2.51. The van der Waals surface area contributed by atoms with Gasteiger partial charge in [0.05, 0.1) is 5.76 Å². The Labute approximate surface area is 225 Å². The van der Waals surface area contributed by atoms with E-state index in [-0.39, 0.29) is 39.1 Å². The van der Waals surface area contributed by atoms with Crippen LogP contribution in [0, 0.1) is 0 Å². The van der Waals surface area contributed by atoms with E-state index in [1.807, 2.05) is 0 Å². The molecule has 3 amide bonds. The maximum absolute atomic E-state index is 12.7. The molecule has 0 rings (SSSR count). The second-order valence-corrected chi connectivity index (χ2v) is 9.16. The van der Waals surface area contributed by atoms with Gasteiger partial charge < -0.3 is 34.9 Å².